The molecule has 0 spiro atoms. The molecule has 3 N–H and O–H groups in total. The molecule has 3 aromatic carbocycles. The summed E-state index contributed by atoms with van der Waals surface area (Å²) in [6.07, 6.45) is 2.20. The lowest BCUT2D eigenvalue weighted by Crippen LogP contribution is -2.23. The Morgan fingerprint density at radius 3 is 2.37 bits per heavy atom. The van der Waals surface area contributed by atoms with E-state index in [-0.39, 0.29) is 0 Å². The van der Waals surface area contributed by atoms with Gasteiger partial charge in [0.25, 0.3) is 0 Å². The molecule has 3 aromatic rings. The highest BCUT2D eigenvalue weighted by Gasteiger charge is 2.10. The van der Waals surface area contributed by atoms with Crippen molar-refractivity contribution in [2.75, 3.05) is 13.1 Å². The largest absolute Gasteiger partial charge is 0.478 e. The molecule has 0 bridgehead atoms. The van der Waals surface area contributed by atoms with Gasteiger partial charge in [0.2, 0.25) is 0 Å². The Labute approximate surface area is 178 Å². The second-order valence-corrected chi connectivity index (χ2v) is 7.50. The van der Waals surface area contributed by atoms with Crippen molar-refractivity contribution in [2.45, 2.75) is 32.3 Å². The fraction of sp³-hybridized carbons (Fsp3) is 0.269. The second-order valence-electron chi connectivity index (χ2n) is 7.50. The molecule has 0 saturated carbocycles. The van der Waals surface area contributed by atoms with Gasteiger partial charge in [-0.25, -0.2) is 4.79 Å². The Kier molecular flexibility index (Phi) is 7.77. The third-order valence-corrected chi connectivity index (χ3v) is 5.25. The molecule has 0 fully saturated rings. The number of carboxylic acids is 1. The molecule has 1 atom stereocenters. The van der Waals surface area contributed by atoms with Gasteiger partial charge in [0, 0.05) is 6.54 Å². The summed E-state index contributed by atoms with van der Waals surface area (Å²) in [5.41, 5.74) is 5.75. The van der Waals surface area contributed by atoms with E-state index in [4.69, 9.17) is 0 Å². The van der Waals surface area contributed by atoms with Crippen molar-refractivity contribution in [2.24, 2.45) is 0 Å². The summed E-state index contributed by atoms with van der Waals surface area (Å²) >= 11 is 0. The van der Waals surface area contributed by atoms with Gasteiger partial charge >= 0.3 is 5.97 Å². The van der Waals surface area contributed by atoms with E-state index in [1.165, 1.54) is 5.56 Å². The molecule has 4 heteroatoms. The van der Waals surface area contributed by atoms with Crippen molar-refractivity contribution in [3.63, 3.8) is 0 Å². The van der Waals surface area contributed by atoms with E-state index < -0.39 is 12.1 Å². The normalized spacial score (nSPS) is 11.9. The van der Waals surface area contributed by atoms with Crippen molar-refractivity contribution < 1.29 is 15.0 Å². The zero-order valence-corrected chi connectivity index (χ0v) is 17.3. The average Bonchev–Trinajstić information content (AvgIpc) is 2.78. The summed E-state index contributed by atoms with van der Waals surface area (Å²) in [5.74, 6) is -0.890. The number of nitrogens with one attached hydrogen (secondary N) is 1. The molecule has 0 amide bonds. The summed E-state index contributed by atoms with van der Waals surface area (Å²) in [7, 11) is 0. The number of aryl methyl sites for hydroxylation is 1. The van der Waals surface area contributed by atoms with Crippen LogP contribution in [0.2, 0.25) is 0 Å². The maximum Gasteiger partial charge on any atom is 0.335 e. The highest BCUT2D eigenvalue weighted by molar-refractivity contribution is 5.89. The summed E-state index contributed by atoms with van der Waals surface area (Å²) in [6.45, 7) is 3.41. The minimum Gasteiger partial charge on any atom is -0.478 e. The first-order chi connectivity index (χ1) is 14.6. The minimum atomic E-state index is -0.890. The third-order valence-electron chi connectivity index (χ3n) is 5.25. The zero-order chi connectivity index (χ0) is 21.3. The van der Waals surface area contributed by atoms with Gasteiger partial charge < -0.3 is 15.5 Å². The maximum atomic E-state index is 11.3. The van der Waals surface area contributed by atoms with Crippen LogP contribution in [0.3, 0.4) is 0 Å². The summed E-state index contributed by atoms with van der Waals surface area (Å²) in [6, 6.07) is 23.5. The van der Waals surface area contributed by atoms with E-state index >= 15 is 0 Å². The molecule has 0 heterocycles. The van der Waals surface area contributed by atoms with Crippen LogP contribution in [0.15, 0.2) is 72.8 Å². The van der Waals surface area contributed by atoms with Crippen LogP contribution in [0.5, 0.6) is 0 Å². The Bertz CT molecular complexity index is 952. The zero-order valence-electron chi connectivity index (χ0n) is 17.3. The van der Waals surface area contributed by atoms with E-state index in [0.29, 0.717) is 12.1 Å². The molecule has 4 nitrogen and oxygen atoms in total. The Hall–Kier alpha value is -2.95. The first-order valence-corrected chi connectivity index (χ1v) is 10.5. The number of hydrogen-bond acceptors (Lipinski definition) is 3. The summed E-state index contributed by atoms with van der Waals surface area (Å²) in [4.78, 5) is 11.3. The van der Waals surface area contributed by atoms with Crippen molar-refractivity contribution in [1.29, 1.82) is 0 Å². The van der Waals surface area contributed by atoms with Gasteiger partial charge in [0.05, 0.1) is 11.7 Å². The van der Waals surface area contributed by atoms with Crippen LogP contribution < -0.4 is 5.32 Å². The van der Waals surface area contributed by atoms with Crippen LogP contribution in [0.25, 0.3) is 11.1 Å². The number of carboxylic acid groups (broad SMARTS) is 1. The lowest BCUT2D eigenvalue weighted by Gasteiger charge is -2.13. The highest BCUT2D eigenvalue weighted by Crippen LogP contribution is 2.26. The number of hydrogen-bond donors (Lipinski definition) is 3. The van der Waals surface area contributed by atoms with Crippen LogP contribution in [0.4, 0.5) is 0 Å². The molecule has 30 heavy (non-hydrogen) atoms. The van der Waals surface area contributed by atoms with E-state index in [1.807, 2.05) is 36.4 Å². The fourth-order valence-electron chi connectivity index (χ4n) is 3.60. The molecular weight excluding hydrogens is 374 g/mol. The highest BCUT2D eigenvalue weighted by atomic mass is 16.4. The molecule has 0 radical (unpaired) electrons. The number of carbonyl (C=O) groups is 1. The molecule has 0 aliphatic rings. The number of aliphatic hydroxyl groups excluding tert-OH is 1. The van der Waals surface area contributed by atoms with Gasteiger partial charge in [-0.2, -0.15) is 0 Å². The molecule has 0 aliphatic heterocycles. The Morgan fingerprint density at radius 2 is 1.70 bits per heavy atom. The number of rotatable bonds is 10. The second kappa shape index (κ2) is 10.7. The van der Waals surface area contributed by atoms with Crippen LogP contribution in [0.1, 0.15) is 46.5 Å². The standard InChI is InChI=1S/C26H29NO3/c1-2-6-22-17-23(26(29)30)13-14-24(22)20-11-9-19(10-12-20)15-16-27-18-25(28)21-7-4-3-5-8-21/h3-5,7-14,17,25,27-28H,2,6,15-16,18H2,1H3,(H,29,30)/t25-/m0/s1. The minimum absolute atomic E-state index is 0.336. The fourth-order valence-corrected chi connectivity index (χ4v) is 3.60. The molecule has 3 rings (SSSR count). The van der Waals surface area contributed by atoms with E-state index in [2.05, 4.69) is 36.5 Å². The molecule has 0 unspecified atom stereocenters. The molecule has 0 aliphatic carbocycles. The topological polar surface area (TPSA) is 69.6 Å². The molecular formula is C26H29NO3. The van der Waals surface area contributed by atoms with Crippen LogP contribution in [0, 0.1) is 0 Å². The van der Waals surface area contributed by atoms with Gasteiger partial charge in [-0.05, 0) is 59.3 Å². The number of aromatic carboxylic acids is 1. The first-order valence-electron chi connectivity index (χ1n) is 10.5. The van der Waals surface area contributed by atoms with Gasteiger partial charge in [-0.15, -0.1) is 0 Å². The van der Waals surface area contributed by atoms with E-state index in [1.54, 1.807) is 12.1 Å². The van der Waals surface area contributed by atoms with Gasteiger partial charge in [0.1, 0.15) is 0 Å². The average molecular weight is 404 g/mol. The molecule has 156 valence electrons. The summed E-state index contributed by atoms with van der Waals surface area (Å²) < 4.78 is 0. The third kappa shape index (κ3) is 5.78. The van der Waals surface area contributed by atoms with Crippen LogP contribution >= 0.6 is 0 Å². The number of benzene rings is 3. The maximum absolute atomic E-state index is 11.3. The SMILES string of the molecule is CCCc1cc(C(=O)O)ccc1-c1ccc(CCNC[C@H](O)c2ccccc2)cc1. The molecule has 0 saturated heterocycles. The van der Waals surface area contributed by atoms with Gasteiger partial charge in [0.15, 0.2) is 0 Å². The van der Waals surface area contributed by atoms with Gasteiger partial charge in [-0.3, -0.25) is 0 Å². The predicted octanol–water partition coefficient (Wildman–Crippen LogP) is 4.87. The molecule has 0 aromatic heterocycles. The van der Waals surface area contributed by atoms with Crippen molar-refractivity contribution >= 4 is 5.97 Å². The summed E-state index contributed by atoms with van der Waals surface area (Å²) in [5, 5.41) is 22.8. The van der Waals surface area contributed by atoms with Gasteiger partial charge in [-0.1, -0.05) is 74.0 Å². The van der Waals surface area contributed by atoms with Crippen LogP contribution in [-0.4, -0.2) is 29.3 Å². The number of aliphatic hydroxyl groups is 1. The van der Waals surface area contributed by atoms with Crippen molar-refractivity contribution in [1.82, 2.24) is 5.32 Å². The van der Waals surface area contributed by atoms with E-state index in [0.717, 1.165) is 48.1 Å². The quantitative estimate of drug-likeness (QED) is 0.423. The Balaban J connectivity index is 1.58. The van der Waals surface area contributed by atoms with Crippen LogP contribution in [-0.2, 0) is 12.8 Å². The Morgan fingerprint density at radius 1 is 0.967 bits per heavy atom. The smallest absolute Gasteiger partial charge is 0.335 e. The lowest BCUT2D eigenvalue weighted by molar-refractivity contribution is 0.0696. The van der Waals surface area contributed by atoms with Crippen molar-refractivity contribution in [3.05, 3.63) is 95.1 Å². The monoisotopic (exact) mass is 403 g/mol. The van der Waals surface area contributed by atoms with Crippen molar-refractivity contribution in [3.8, 4) is 11.1 Å². The lowest BCUT2D eigenvalue weighted by atomic mass is 9.94. The van der Waals surface area contributed by atoms with E-state index in [9.17, 15) is 15.0 Å². The first kappa shape index (κ1) is 21.8. The predicted molar refractivity (Wildman–Crippen MR) is 121 cm³/mol.